The summed E-state index contributed by atoms with van der Waals surface area (Å²) >= 11 is 0. The van der Waals surface area contributed by atoms with Gasteiger partial charge in [-0.15, -0.1) is 0 Å². The van der Waals surface area contributed by atoms with Crippen LogP contribution in [0.3, 0.4) is 0 Å². The number of halogens is 2. The quantitative estimate of drug-likeness (QED) is 0.233. The molecule has 2 heterocycles. The smallest absolute Gasteiger partial charge is 0.359 e. The molecule has 0 radical (unpaired) electrons. The molecule has 0 amide bonds. The maximum absolute atomic E-state index is 15.2. The Morgan fingerprint density at radius 1 is 0.711 bits per heavy atom. The molecule has 4 aromatic rings. The fraction of sp³-hybridized carbons (Fsp3) is 0.258. The van der Waals surface area contributed by atoms with Crippen molar-refractivity contribution < 1.29 is 8.63 Å². The first-order valence-corrected chi connectivity index (χ1v) is 13.4. The number of amidine groups is 1. The fourth-order valence-electron chi connectivity index (χ4n) is 5.60. The number of aromatic nitrogens is 1. The van der Waals surface area contributed by atoms with Crippen molar-refractivity contribution in [2.45, 2.75) is 27.7 Å². The first-order valence-electron chi connectivity index (χ1n) is 13.4. The van der Waals surface area contributed by atoms with Crippen molar-refractivity contribution in [3.63, 3.8) is 0 Å². The van der Waals surface area contributed by atoms with Gasteiger partial charge >= 0.3 is 7.40 Å². The molecule has 0 unspecified atom stereocenters. The van der Waals surface area contributed by atoms with E-state index in [9.17, 15) is 0 Å². The predicted octanol–water partition coefficient (Wildman–Crippen LogP) is 7.28. The summed E-state index contributed by atoms with van der Waals surface area (Å²) in [5.41, 5.74) is 4.79. The zero-order valence-electron chi connectivity index (χ0n) is 22.5. The standard InChI is InChI=1S/C31H33BF2N4/c1-5-36(6-2)30-25-20-14-12-18-23(25)28(35-30)27(22-16-10-9-11-17-22)29-24-19-13-15-21-26(24)31(37(7-3)8-4)38(29)32(33)34/h9-21H,5-8H2,1-4H3/b28-27-. The first-order chi connectivity index (χ1) is 18.5. The maximum Gasteiger partial charge on any atom is 0.679 e. The number of nitrogens with zero attached hydrogens (tertiary/aromatic N) is 4. The van der Waals surface area contributed by atoms with Crippen LogP contribution in [0.2, 0.25) is 0 Å². The van der Waals surface area contributed by atoms with Gasteiger partial charge in [-0.3, -0.25) is 8.63 Å². The third-order valence-electron chi connectivity index (χ3n) is 7.39. The lowest BCUT2D eigenvalue weighted by atomic mass is 9.93. The Morgan fingerprint density at radius 3 is 1.87 bits per heavy atom. The average molecular weight is 510 g/mol. The number of rotatable bonds is 8. The van der Waals surface area contributed by atoms with E-state index >= 15 is 8.63 Å². The van der Waals surface area contributed by atoms with E-state index in [1.54, 1.807) is 0 Å². The first kappa shape index (κ1) is 25.8. The van der Waals surface area contributed by atoms with Crippen LogP contribution in [0.1, 0.15) is 50.1 Å². The average Bonchev–Trinajstić information content (AvgIpc) is 3.49. The van der Waals surface area contributed by atoms with Gasteiger partial charge in [0.15, 0.2) is 0 Å². The van der Waals surface area contributed by atoms with Gasteiger partial charge in [0.05, 0.1) is 11.4 Å². The van der Waals surface area contributed by atoms with Crippen LogP contribution < -0.4 is 4.90 Å². The summed E-state index contributed by atoms with van der Waals surface area (Å²) < 4.78 is 31.6. The van der Waals surface area contributed by atoms with E-state index in [2.05, 4.69) is 30.9 Å². The summed E-state index contributed by atoms with van der Waals surface area (Å²) in [5.74, 6) is 1.43. The van der Waals surface area contributed by atoms with E-state index in [1.165, 1.54) is 4.48 Å². The van der Waals surface area contributed by atoms with Gasteiger partial charge in [-0.05, 0) is 33.3 Å². The third-order valence-corrected chi connectivity index (χ3v) is 7.39. The van der Waals surface area contributed by atoms with Crippen molar-refractivity contribution >= 4 is 41.1 Å². The second-order valence-electron chi connectivity index (χ2n) is 9.28. The highest BCUT2D eigenvalue weighted by Crippen LogP contribution is 2.45. The Labute approximate surface area is 224 Å². The van der Waals surface area contributed by atoms with Gasteiger partial charge in [0.25, 0.3) is 0 Å². The molecule has 38 heavy (non-hydrogen) atoms. The van der Waals surface area contributed by atoms with Crippen molar-refractivity contribution in [1.82, 2.24) is 9.38 Å². The molecule has 0 atom stereocenters. The zero-order valence-corrected chi connectivity index (χ0v) is 22.5. The van der Waals surface area contributed by atoms with Gasteiger partial charge in [0.2, 0.25) is 0 Å². The molecule has 0 saturated heterocycles. The van der Waals surface area contributed by atoms with Crippen molar-refractivity contribution in [1.29, 1.82) is 0 Å². The van der Waals surface area contributed by atoms with Crippen molar-refractivity contribution in [3.05, 3.63) is 101 Å². The number of hydrogen-bond acceptors (Lipinski definition) is 3. The van der Waals surface area contributed by atoms with Gasteiger partial charge in [-0.25, -0.2) is 4.99 Å². The lowest BCUT2D eigenvalue weighted by Crippen LogP contribution is -2.30. The van der Waals surface area contributed by atoms with E-state index in [4.69, 9.17) is 4.99 Å². The van der Waals surface area contributed by atoms with E-state index < -0.39 is 7.40 Å². The van der Waals surface area contributed by atoms with Crippen LogP contribution >= 0.6 is 0 Å². The van der Waals surface area contributed by atoms with Crippen LogP contribution in [0.4, 0.5) is 14.4 Å². The third kappa shape index (κ3) is 4.20. The van der Waals surface area contributed by atoms with Crippen molar-refractivity contribution in [3.8, 4) is 0 Å². The highest BCUT2D eigenvalue weighted by molar-refractivity contribution is 6.44. The van der Waals surface area contributed by atoms with Gasteiger partial charge in [-0.2, -0.15) is 0 Å². The molecule has 0 bridgehead atoms. The van der Waals surface area contributed by atoms with Crippen LogP contribution in [0.5, 0.6) is 0 Å². The minimum atomic E-state index is -2.73. The number of aliphatic imine (C=N–C) groups is 1. The maximum atomic E-state index is 15.2. The number of fused-ring (bicyclic) bond motifs is 2. The second-order valence-corrected chi connectivity index (χ2v) is 9.28. The molecule has 1 aliphatic heterocycles. The second kappa shape index (κ2) is 10.9. The number of benzene rings is 3. The molecule has 7 heteroatoms. The molecule has 3 aromatic carbocycles. The predicted molar refractivity (Wildman–Crippen MR) is 157 cm³/mol. The summed E-state index contributed by atoms with van der Waals surface area (Å²) in [6, 6.07) is 25.7. The lowest BCUT2D eigenvalue weighted by Gasteiger charge is -2.24. The van der Waals surface area contributed by atoms with E-state index in [1.807, 2.05) is 85.5 Å². The van der Waals surface area contributed by atoms with Crippen LogP contribution in [-0.4, -0.2) is 48.8 Å². The molecular weight excluding hydrogens is 477 g/mol. The van der Waals surface area contributed by atoms with Crippen LogP contribution in [0.25, 0.3) is 22.0 Å². The summed E-state index contributed by atoms with van der Waals surface area (Å²) in [7, 11) is -2.73. The van der Waals surface area contributed by atoms with Gasteiger partial charge < -0.3 is 14.3 Å². The number of anilines is 1. The van der Waals surface area contributed by atoms with E-state index in [-0.39, 0.29) is 0 Å². The molecule has 194 valence electrons. The molecule has 0 aliphatic carbocycles. The molecule has 1 aliphatic rings. The minimum absolute atomic E-state index is 0.498. The Kier molecular flexibility index (Phi) is 7.36. The molecular formula is C31H33BF2N4. The summed E-state index contributed by atoms with van der Waals surface area (Å²) in [4.78, 5) is 9.44. The SMILES string of the molecule is CCN(CC)C1=N/C(=C(/c2ccccc2)c2c3ccccc3c(N(CC)CC)n2B(F)F)c2ccccc21. The molecule has 5 rings (SSSR count). The molecule has 0 fully saturated rings. The van der Waals surface area contributed by atoms with Crippen LogP contribution in [-0.2, 0) is 0 Å². The lowest BCUT2D eigenvalue weighted by molar-refractivity contribution is 0.468. The van der Waals surface area contributed by atoms with E-state index in [0.717, 1.165) is 57.7 Å². The summed E-state index contributed by atoms with van der Waals surface area (Å²) in [6.07, 6.45) is 0. The Balaban J connectivity index is 1.97. The molecule has 0 N–H and O–H groups in total. The highest BCUT2D eigenvalue weighted by Gasteiger charge is 2.34. The summed E-state index contributed by atoms with van der Waals surface area (Å²) in [6.45, 7) is 11.1. The monoisotopic (exact) mass is 510 g/mol. The molecule has 1 aromatic heterocycles. The minimum Gasteiger partial charge on any atom is -0.359 e. The molecule has 0 saturated carbocycles. The summed E-state index contributed by atoms with van der Waals surface area (Å²) in [5, 5.41) is 1.62. The zero-order chi connectivity index (χ0) is 26.8. The fourth-order valence-corrected chi connectivity index (χ4v) is 5.60. The highest BCUT2D eigenvalue weighted by atomic mass is 19.2. The topological polar surface area (TPSA) is 23.8 Å². The Hall–Kier alpha value is -3.87. The molecule has 0 spiro atoms. The number of hydrogen-bond donors (Lipinski definition) is 0. The Bertz CT molecular complexity index is 1500. The van der Waals surface area contributed by atoms with Crippen LogP contribution in [0, 0.1) is 0 Å². The van der Waals surface area contributed by atoms with Gasteiger partial charge in [0.1, 0.15) is 11.7 Å². The van der Waals surface area contributed by atoms with Crippen molar-refractivity contribution in [2.75, 3.05) is 31.1 Å². The Morgan fingerprint density at radius 2 is 1.26 bits per heavy atom. The normalized spacial score (nSPS) is 13.9. The van der Waals surface area contributed by atoms with E-state index in [0.29, 0.717) is 24.6 Å². The molecule has 4 nitrogen and oxygen atoms in total. The van der Waals surface area contributed by atoms with Gasteiger partial charge in [-0.1, -0.05) is 78.9 Å². The largest absolute Gasteiger partial charge is 0.679 e. The van der Waals surface area contributed by atoms with Crippen LogP contribution in [0.15, 0.2) is 83.9 Å². The van der Waals surface area contributed by atoms with Gasteiger partial charge in [0, 0.05) is 53.7 Å². The van der Waals surface area contributed by atoms with Crippen molar-refractivity contribution in [2.24, 2.45) is 4.99 Å².